The molecule has 0 atom stereocenters. The summed E-state index contributed by atoms with van der Waals surface area (Å²) in [6.45, 7) is 1.27. The van der Waals surface area contributed by atoms with Crippen LogP contribution in [0.15, 0.2) is 60.0 Å². The molecule has 0 radical (unpaired) electrons. The molecule has 0 saturated carbocycles. The van der Waals surface area contributed by atoms with E-state index in [1.165, 1.54) is 6.07 Å². The number of fused-ring (bicyclic) bond motifs is 1. The first-order chi connectivity index (χ1) is 16.2. The van der Waals surface area contributed by atoms with Crippen LogP contribution in [0.4, 0.5) is 10.1 Å². The molecule has 1 N–H and O–H groups in total. The fourth-order valence-electron chi connectivity index (χ4n) is 3.93. The van der Waals surface area contributed by atoms with Gasteiger partial charge in [-0.15, -0.1) is 21.5 Å². The summed E-state index contributed by atoms with van der Waals surface area (Å²) in [5.41, 5.74) is 1.22. The third-order valence-electron chi connectivity index (χ3n) is 5.64. The maximum Gasteiger partial charge on any atom is 0.255 e. The quantitative estimate of drug-likeness (QED) is 0.399. The van der Waals surface area contributed by atoms with E-state index in [0.29, 0.717) is 23.7 Å². The Hall–Kier alpha value is -3.52. The van der Waals surface area contributed by atoms with Gasteiger partial charge in [-0.2, -0.15) is 0 Å². The monoisotopic (exact) mass is 462 g/mol. The summed E-state index contributed by atoms with van der Waals surface area (Å²) in [5, 5.41) is 13.3. The van der Waals surface area contributed by atoms with Gasteiger partial charge in [0, 0.05) is 29.0 Å². The Kier molecular flexibility index (Phi) is 6.17. The topological polar surface area (TPSA) is 69.0 Å². The maximum atomic E-state index is 14.6. The number of nitrogens with zero attached hydrogens (tertiary/aromatic N) is 3. The minimum atomic E-state index is -0.507. The summed E-state index contributed by atoms with van der Waals surface area (Å²) in [6.07, 6.45) is 4.21. The van der Waals surface area contributed by atoms with Crippen LogP contribution in [0.3, 0.4) is 0 Å². The molecular weight excluding hydrogens is 439 g/mol. The zero-order valence-electron chi connectivity index (χ0n) is 18.0. The zero-order valence-corrected chi connectivity index (χ0v) is 18.8. The van der Waals surface area contributed by atoms with E-state index in [9.17, 15) is 9.18 Å². The van der Waals surface area contributed by atoms with Gasteiger partial charge in [0.15, 0.2) is 5.82 Å². The molecule has 1 aliphatic heterocycles. The fraction of sp³-hybridized carbons (Fsp3) is 0.240. The van der Waals surface area contributed by atoms with Crippen molar-refractivity contribution in [2.24, 2.45) is 0 Å². The number of rotatable bonds is 6. The lowest BCUT2D eigenvalue weighted by molar-refractivity contribution is 0.102. The molecule has 8 heteroatoms. The predicted octanol–water partition coefficient (Wildman–Crippen LogP) is 5.70. The SMILES string of the molecule is O=C(Nc1cc(-c2nnc3n2CCCCC3)ccc1F)c1cccc(OCc2cccs2)c1. The summed E-state index contributed by atoms with van der Waals surface area (Å²) in [5.74, 6) is 1.32. The Morgan fingerprint density at radius 1 is 1.09 bits per heavy atom. The van der Waals surface area contributed by atoms with Crippen molar-refractivity contribution in [3.8, 4) is 17.1 Å². The van der Waals surface area contributed by atoms with Crippen molar-refractivity contribution in [3.63, 3.8) is 0 Å². The van der Waals surface area contributed by atoms with Crippen molar-refractivity contribution in [1.82, 2.24) is 14.8 Å². The van der Waals surface area contributed by atoms with Gasteiger partial charge < -0.3 is 14.6 Å². The van der Waals surface area contributed by atoms with Crippen molar-refractivity contribution in [3.05, 3.63) is 82.1 Å². The van der Waals surface area contributed by atoms with Gasteiger partial charge in [-0.25, -0.2) is 4.39 Å². The number of aromatic nitrogens is 3. The van der Waals surface area contributed by atoms with E-state index in [0.717, 1.165) is 48.5 Å². The van der Waals surface area contributed by atoms with Crippen LogP contribution in [0.25, 0.3) is 11.4 Å². The highest BCUT2D eigenvalue weighted by molar-refractivity contribution is 7.09. The predicted molar refractivity (Wildman–Crippen MR) is 126 cm³/mol. The summed E-state index contributed by atoms with van der Waals surface area (Å²) in [7, 11) is 0. The highest BCUT2D eigenvalue weighted by Gasteiger charge is 2.18. The average molecular weight is 463 g/mol. The minimum absolute atomic E-state index is 0.105. The third-order valence-corrected chi connectivity index (χ3v) is 6.49. The van der Waals surface area contributed by atoms with Crippen LogP contribution in [0.5, 0.6) is 5.75 Å². The van der Waals surface area contributed by atoms with Gasteiger partial charge in [0.2, 0.25) is 0 Å². The summed E-state index contributed by atoms with van der Waals surface area (Å²) >= 11 is 1.61. The van der Waals surface area contributed by atoms with Crippen LogP contribution in [-0.2, 0) is 19.6 Å². The Balaban J connectivity index is 1.34. The number of benzene rings is 2. The third kappa shape index (κ3) is 4.80. The molecule has 168 valence electrons. The second kappa shape index (κ2) is 9.54. The molecule has 0 saturated heterocycles. The molecule has 0 unspecified atom stereocenters. The van der Waals surface area contributed by atoms with E-state index >= 15 is 0 Å². The van der Waals surface area contributed by atoms with E-state index in [4.69, 9.17) is 4.74 Å². The normalized spacial score (nSPS) is 13.2. The largest absolute Gasteiger partial charge is 0.488 e. The first kappa shape index (κ1) is 21.3. The Labute approximate surface area is 195 Å². The van der Waals surface area contributed by atoms with Crippen LogP contribution in [-0.4, -0.2) is 20.7 Å². The summed E-state index contributed by atoms with van der Waals surface area (Å²) in [6, 6.07) is 15.5. The van der Waals surface area contributed by atoms with Crippen LogP contribution < -0.4 is 10.1 Å². The van der Waals surface area contributed by atoms with Gasteiger partial charge >= 0.3 is 0 Å². The van der Waals surface area contributed by atoms with Crippen molar-refractivity contribution < 1.29 is 13.9 Å². The molecule has 0 fully saturated rings. The Morgan fingerprint density at radius 2 is 2.03 bits per heavy atom. The van der Waals surface area contributed by atoms with E-state index in [1.54, 1.807) is 47.7 Å². The second-order valence-electron chi connectivity index (χ2n) is 7.95. The smallest absolute Gasteiger partial charge is 0.255 e. The van der Waals surface area contributed by atoms with Crippen molar-refractivity contribution in [2.45, 2.75) is 38.8 Å². The highest BCUT2D eigenvalue weighted by atomic mass is 32.1. The number of ether oxygens (including phenoxy) is 1. The number of amides is 1. The Morgan fingerprint density at radius 3 is 2.91 bits per heavy atom. The molecule has 0 spiro atoms. The van der Waals surface area contributed by atoms with Gasteiger partial charge in [-0.3, -0.25) is 4.79 Å². The van der Waals surface area contributed by atoms with E-state index in [2.05, 4.69) is 20.1 Å². The van der Waals surface area contributed by atoms with Crippen LogP contribution in [0.1, 0.15) is 40.3 Å². The van der Waals surface area contributed by atoms with E-state index in [-0.39, 0.29) is 5.69 Å². The van der Waals surface area contributed by atoms with E-state index in [1.807, 2.05) is 17.5 Å². The fourth-order valence-corrected chi connectivity index (χ4v) is 4.55. The number of hydrogen-bond acceptors (Lipinski definition) is 5. The lowest BCUT2D eigenvalue weighted by Crippen LogP contribution is -2.13. The van der Waals surface area contributed by atoms with E-state index < -0.39 is 11.7 Å². The number of thiophene rings is 1. The van der Waals surface area contributed by atoms with Crippen LogP contribution >= 0.6 is 11.3 Å². The number of anilines is 1. The molecule has 0 aliphatic carbocycles. The molecule has 6 nitrogen and oxygen atoms in total. The van der Waals surface area contributed by atoms with Gasteiger partial charge in [-0.05, 0) is 60.7 Å². The van der Waals surface area contributed by atoms with Crippen molar-refractivity contribution in [2.75, 3.05) is 5.32 Å². The molecule has 5 rings (SSSR count). The maximum absolute atomic E-state index is 14.6. The summed E-state index contributed by atoms with van der Waals surface area (Å²) < 4.78 is 22.4. The summed E-state index contributed by atoms with van der Waals surface area (Å²) in [4.78, 5) is 14.0. The van der Waals surface area contributed by atoms with Gasteiger partial charge in [0.05, 0.1) is 5.69 Å². The lowest BCUT2D eigenvalue weighted by atomic mass is 10.1. The molecule has 33 heavy (non-hydrogen) atoms. The number of hydrogen-bond donors (Lipinski definition) is 1. The van der Waals surface area contributed by atoms with Gasteiger partial charge in [0.25, 0.3) is 5.91 Å². The van der Waals surface area contributed by atoms with Crippen LogP contribution in [0.2, 0.25) is 0 Å². The van der Waals surface area contributed by atoms with Crippen molar-refractivity contribution in [1.29, 1.82) is 0 Å². The molecule has 1 amide bonds. The molecule has 0 bridgehead atoms. The van der Waals surface area contributed by atoms with Crippen LogP contribution in [0, 0.1) is 5.82 Å². The standard InChI is InChI=1S/C25H23FN4O2S/c26-21-11-10-17(24-29-28-23-9-2-1-3-12-30(23)24)15-22(21)27-25(31)18-6-4-7-19(14-18)32-16-20-8-5-13-33-20/h4-8,10-11,13-15H,1-3,9,12,16H2,(H,27,31). The molecule has 2 aromatic carbocycles. The number of carbonyl (C=O) groups excluding carboxylic acids is 1. The first-order valence-electron chi connectivity index (χ1n) is 11.0. The first-order valence-corrected chi connectivity index (χ1v) is 11.8. The Bertz CT molecular complexity index is 1270. The van der Waals surface area contributed by atoms with Gasteiger partial charge in [-0.1, -0.05) is 18.6 Å². The number of carbonyl (C=O) groups is 1. The molecule has 1 aliphatic rings. The number of halogens is 1. The second-order valence-corrected chi connectivity index (χ2v) is 8.98. The molecule has 4 aromatic rings. The lowest BCUT2D eigenvalue weighted by Gasteiger charge is -2.11. The van der Waals surface area contributed by atoms with Crippen molar-refractivity contribution >= 4 is 22.9 Å². The minimum Gasteiger partial charge on any atom is -0.488 e. The average Bonchev–Trinajstić information content (AvgIpc) is 3.44. The zero-order chi connectivity index (χ0) is 22.6. The number of aryl methyl sites for hydroxylation is 1. The highest BCUT2D eigenvalue weighted by Crippen LogP contribution is 2.27. The molecule has 3 heterocycles. The molecular formula is C25H23FN4O2S. The molecule has 2 aromatic heterocycles. The van der Waals surface area contributed by atoms with Gasteiger partial charge in [0.1, 0.15) is 24.0 Å². The number of nitrogens with one attached hydrogen (secondary N) is 1.